The molecule has 19 heteroatoms. The molecule has 0 radical (unpaired) electrons. The van der Waals surface area contributed by atoms with E-state index < -0.39 is 97.5 Å². The summed E-state index contributed by atoms with van der Waals surface area (Å²) < 4.78 is 67.6. The smallest absolute Gasteiger partial charge is 0.462 e. The van der Waals surface area contributed by atoms with Gasteiger partial charge in [-0.15, -0.1) is 0 Å². The van der Waals surface area contributed by atoms with Gasteiger partial charge in [0.05, 0.1) is 26.4 Å². The number of aliphatic hydroxyl groups excluding tert-OH is 1. The van der Waals surface area contributed by atoms with Gasteiger partial charge in [0.1, 0.15) is 19.3 Å². The van der Waals surface area contributed by atoms with Crippen LogP contribution in [0.4, 0.5) is 0 Å². The summed E-state index contributed by atoms with van der Waals surface area (Å²) in [6.45, 7) is 4.80. The van der Waals surface area contributed by atoms with Crippen LogP contribution >= 0.6 is 15.6 Å². The van der Waals surface area contributed by atoms with Crippen molar-refractivity contribution in [3.05, 3.63) is 0 Å². The highest BCUT2D eigenvalue weighted by atomic mass is 31.2. The Morgan fingerprint density at radius 3 is 0.756 bits per heavy atom. The first-order valence-electron chi connectivity index (χ1n) is 31.3. The molecule has 0 heterocycles. The lowest BCUT2D eigenvalue weighted by Crippen LogP contribution is -2.30. The lowest BCUT2D eigenvalue weighted by molar-refractivity contribution is -0.161. The van der Waals surface area contributed by atoms with Gasteiger partial charge in [0.25, 0.3) is 0 Å². The molecular weight excluding hydrogens is 1040 g/mol. The van der Waals surface area contributed by atoms with Crippen LogP contribution in [0, 0.1) is 0 Å². The maximum absolute atomic E-state index is 12.9. The number of esters is 4. The lowest BCUT2D eigenvalue weighted by atomic mass is 10.0. The number of carbonyl (C=O) groups excluding carboxylic acids is 4. The quantitative estimate of drug-likeness (QED) is 0.0222. The van der Waals surface area contributed by atoms with Crippen molar-refractivity contribution in [2.24, 2.45) is 0 Å². The van der Waals surface area contributed by atoms with Crippen LogP contribution in [0.5, 0.6) is 0 Å². The fourth-order valence-electron chi connectivity index (χ4n) is 8.75. The number of carbonyl (C=O) groups is 4. The molecule has 0 bridgehead atoms. The minimum Gasteiger partial charge on any atom is -0.462 e. The summed E-state index contributed by atoms with van der Waals surface area (Å²) in [5.41, 5.74) is 0. The van der Waals surface area contributed by atoms with Crippen LogP contribution in [-0.4, -0.2) is 96.7 Å². The Morgan fingerprint density at radius 1 is 0.308 bits per heavy atom. The van der Waals surface area contributed by atoms with Gasteiger partial charge < -0.3 is 33.8 Å². The van der Waals surface area contributed by atoms with Crippen molar-refractivity contribution in [1.82, 2.24) is 0 Å². The van der Waals surface area contributed by atoms with E-state index in [2.05, 4.69) is 27.7 Å². The molecule has 0 spiro atoms. The number of unbranched alkanes of at least 4 members (excludes halogenated alkanes) is 34. The zero-order chi connectivity index (χ0) is 57.6. The van der Waals surface area contributed by atoms with E-state index in [1.807, 2.05) is 0 Å². The van der Waals surface area contributed by atoms with Crippen LogP contribution in [0.3, 0.4) is 0 Å². The molecule has 17 nitrogen and oxygen atoms in total. The Morgan fingerprint density at radius 2 is 0.513 bits per heavy atom. The second kappa shape index (κ2) is 54.3. The van der Waals surface area contributed by atoms with Crippen molar-refractivity contribution < 1.29 is 80.2 Å². The van der Waals surface area contributed by atoms with Crippen LogP contribution in [0.2, 0.25) is 0 Å². The molecular formula is C59H114O17P2. The number of phosphoric ester groups is 2. The van der Waals surface area contributed by atoms with Crippen molar-refractivity contribution in [3.63, 3.8) is 0 Å². The summed E-state index contributed by atoms with van der Waals surface area (Å²) in [5, 5.41) is 10.5. The van der Waals surface area contributed by atoms with Crippen molar-refractivity contribution in [3.8, 4) is 0 Å². The maximum atomic E-state index is 12.9. The Labute approximate surface area is 473 Å². The molecule has 2 unspecified atom stereocenters. The Hall–Kier alpha value is -1.94. The topological polar surface area (TPSA) is 237 Å². The summed E-state index contributed by atoms with van der Waals surface area (Å²) in [7, 11) is -9.87. The van der Waals surface area contributed by atoms with E-state index in [0.717, 1.165) is 103 Å². The largest absolute Gasteiger partial charge is 0.472 e. The molecule has 0 fully saturated rings. The minimum atomic E-state index is -4.94. The van der Waals surface area contributed by atoms with E-state index in [0.29, 0.717) is 25.7 Å². The van der Waals surface area contributed by atoms with Gasteiger partial charge in [0, 0.05) is 25.7 Å². The van der Waals surface area contributed by atoms with Crippen LogP contribution in [0.25, 0.3) is 0 Å². The van der Waals surface area contributed by atoms with Gasteiger partial charge in [-0.25, -0.2) is 9.13 Å². The number of hydrogen-bond acceptors (Lipinski definition) is 15. The predicted octanol–water partition coefficient (Wildman–Crippen LogP) is 16.0. The van der Waals surface area contributed by atoms with Gasteiger partial charge in [-0.3, -0.25) is 37.3 Å². The van der Waals surface area contributed by atoms with Crippen LogP contribution in [-0.2, 0) is 65.4 Å². The number of ether oxygens (including phenoxy) is 4. The van der Waals surface area contributed by atoms with E-state index in [1.54, 1.807) is 0 Å². The van der Waals surface area contributed by atoms with Gasteiger partial charge in [-0.05, 0) is 25.7 Å². The second-order valence-corrected chi connectivity index (χ2v) is 24.3. The molecule has 0 saturated carbocycles. The zero-order valence-corrected chi connectivity index (χ0v) is 51.4. The molecule has 0 aliphatic heterocycles. The predicted molar refractivity (Wildman–Crippen MR) is 308 cm³/mol. The summed E-state index contributed by atoms with van der Waals surface area (Å²) in [5.74, 6) is -2.14. The molecule has 0 rings (SSSR count). The van der Waals surface area contributed by atoms with Crippen LogP contribution in [0.1, 0.15) is 297 Å². The van der Waals surface area contributed by atoms with Gasteiger partial charge in [-0.1, -0.05) is 246 Å². The molecule has 0 amide bonds. The van der Waals surface area contributed by atoms with E-state index in [9.17, 15) is 43.2 Å². The molecule has 0 aromatic carbocycles. The summed E-state index contributed by atoms with van der Waals surface area (Å²) >= 11 is 0. The first-order chi connectivity index (χ1) is 37.7. The first kappa shape index (κ1) is 76.1. The number of hydrogen-bond donors (Lipinski definition) is 3. The Bertz CT molecular complexity index is 1520. The minimum absolute atomic E-state index is 0.105. The van der Waals surface area contributed by atoms with Gasteiger partial charge in [0.15, 0.2) is 12.2 Å². The molecule has 78 heavy (non-hydrogen) atoms. The standard InChI is InChI=1S/C59H114O17P2/c1-5-9-13-17-21-25-27-28-30-34-38-42-46-59(64)76-55(50-70-57(62)44-40-36-33-29-26-22-18-14-10-6-2)52-74-78(67,68)72-48-53(60)47-71-77(65,66)73-51-54(75-58(63)45-41-37-32-24-20-16-12-8-4)49-69-56(61)43-39-35-31-23-19-15-11-7-3/h53-55,60H,5-52H2,1-4H3,(H,65,66)(H,67,68)/t53-,54+,55+/m0/s1. The average molecular weight is 1160 g/mol. The van der Waals surface area contributed by atoms with Crippen molar-refractivity contribution >= 4 is 39.5 Å². The fourth-order valence-corrected chi connectivity index (χ4v) is 10.3. The number of aliphatic hydroxyl groups is 1. The zero-order valence-electron chi connectivity index (χ0n) is 49.6. The molecule has 5 atom stereocenters. The number of rotatable bonds is 60. The van der Waals surface area contributed by atoms with E-state index in [4.69, 9.17) is 37.0 Å². The number of phosphoric acid groups is 2. The molecule has 462 valence electrons. The lowest BCUT2D eigenvalue weighted by Gasteiger charge is -2.21. The van der Waals surface area contributed by atoms with E-state index in [-0.39, 0.29) is 25.7 Å². The third-order valence-electron chi connectivity index (χ3n) is 13.6. The SMILES string of the molecule is CCCCCCCCCCCCCCC(=O)O[C@H](COC(=O)CCCCCCCCCCCC)COP(=O)(O)OC[C@@H](O)COP(=O)(O)OC[C@@H](COC(=O)CCCCCCCCCC)OC(=O)CCCCCCCCCC. The molecule has 3 N–H and O–H groups in total. The summed E-state index contributed by atoms with van der Waals surface area (Å²) in [4.78, 5) is 71.8. The summed E-state index contributed by atoms with van der Waals surface area (Å²) in [6, 6.07) is 0. The third-order valence-corrected chi connectivity index (χ3v) is 15.5. The van der Waals surface area contributed by atoms with Crippen molar-refractivity contribution in [2.75, 3.05) is 39.6 Å². The van der Waals surface area contributed by atoms with Crippen LogP contribution < -0.4 is 0 Å². The average Bonchev–Trinajstić information content (AvgIpc) is 3.41. The fraction of sp³-hybridized carbons (Fsp3) is 0.932. The highest BCUT2D eigenvalue weighted by Crippen LogP contribution is 2.45. The normalized spacial score (nSPS) is 14.3. The Kier molecular flexibility index (Phi) is 53.0. The van der Waals surface area contributed by atoms with Crippen molar-refractivity contribution in [1.29, 1.82) is 0 Å². The molecule has 0 aliphatic rings. The monoisotopic (exact) mass is 1160 g/mol. The highest BCUT2D eigenvalue weighted by molar-refractivity contribution is 7.47. The van der Waals surface area contributed by atoms with Gasteiger partial charge >= 0.3 is 39.5 Å². The molecule has 0 aromatic heterocycles. The van der Waals surface area contributed by atoms with E-state index >= 15 is 0 Å². The maximum Gasteiger partial charge on any atom is 0.472 e. The molecule has 0 aliphatic carbocycles. The third kappa shape index (κ3) is 53.4. The highest BCUT2D eigenvalue weighted by Gasteiger charge is 2.30. The first-order valence-corrected chi connectivity index (χ1v) is 34.3. The second-order valence-electron chi connectivity index (χ2n) is 21.4. The van der Waals surface area contributed by atoms with Crippen molar-refractivity contribution in [2.45, 2.75) is 316 Å². The molecule has 0 saturated heterocycles. The van der Waals surface area contributed by atoms with Gasteiger partial charge in [0.2, 0.25) is 0 Å². The molecule has 0 aromatic rings. The van der Waals surface area contributed by atoms with Gasteiger partial charge in [-0.2, -0.15) is 0 Å². The van der Waals surface area contributed by atoms with E-state index in [1.165, 1.54) is 116 Å². The Balaban J connectivity index is 5.20. The van der Waals surface area contributed by atoms with Crippen LogP contribution in [0.15, 0.2) is 0 Å². The summed E-state index contributed by atoms with van der Waals surface area (Å²) in [6.07, 6.45) is 37.6.